The highest BCUT2D eigenvalue weighted by Gasteiger charge is 2.18. The Morgan fingerprint density at radius 1 is 0.921 bits per heavy atom. The van der Waals surface area contributed by atoms with Crippen LogP contribution in [0, 0.1) is 0 Å². The SMILES string of the molecule is CCOC(=O)c1cnn(-c2nc(OCc3ccccc3)c3ncn(Cc4ccc5ccccc5c4)c3n2)c1. The molecule has 188 valence electrons. The van der Waals surface area contributed by atoms with Crippen molar-refractivity contribution in [3.63, 3.8) is 0 Å². The molecule has 0 saturated heterocycles. The molecule has 0 fully saturated rings. The van der Waals surface area contributed by atoms with Crippen LogP contribution in [-0.2, 0) is 17.9 Å². The first-order chi connectivity index (χ1) is 18.7. The first kappa shape index (κ1) is 23.4. The number of ether oxygens (including phenoxy) is 2. The lowest BCUT2D eigenvalue weighted by Crippen LogP contribution is -2.08. The van der Waals surface area contributed by atoms with Gasteiger partial charge < -0.3 is 14.0 Å². The minimum absolute atomic E-state index is 0.261. The zero-order valence-corrected chi connectivity index (χ0v) is 20.7. The van der Waals surface area contributed by atoms with E-state index < -0.39 is 5.97 Å². The largest absolute Gasteiger partial charge is 0.471 e. The van der Waals surface area contributed by atoms with Crippen LogP contribution >= 0.6 is 0 Å². The number of benzene rings is 3. The summed E-state index contributed by atoms with van der Waals surface area (Å²) in [5.41, 5.74) is 3.56. The molecule has 0 aliphatic carbocycles. The minimum Gasteiger partial charge on any atom is -0.471 e. The molecule has 0 unspecified atom stereocenters. The van der Waals surface area contributed by atoms with E-state index in [2.05, 4.69) is 45.4 Å². The Labute approximate surface area is 218 Å². The molecule has 3 aromatic heterocycles. The van der Waals surface area contributed by atoms with Gasteiger partial charge >= 0.3 is 5.97 Å². The van der Waals surface area contributed by atoms with Crippen LogP contribution in [0.3, 0.4) is 0 Å². The molecule has 0 spiro atoms. The number of hydrogen-bond donors (Lipinski definition) is 0. The number of aromatic nitrogens is 6. The Balaban J connectivity index is 1.39. The van der Waals surface area contributed by atoms with E-state index in [1.807, 2.05) is 47.0 Å². The van der Waals surface area contributed by atoms with Gasteiger partial charge in [0.1, 0.15) is 6.61 Å². The maximum Gasteiger partial charge on any atom is 0.341 e. The molecule has 3 heterocycles. The number of carbonyl (C=O) groups is 1. The van der Waals surface area contributed by atoms with Crippen molar-refractivity contribution >= 4 is 27.9 Å². The van der Waals surface area contributed by atoms with Crippen LogP contribution in [0.4, 0.5) is 0 Å². The number of rotatable bonds is 8. The average molecular weight is 505 g/mol. The van der Waals surface area contributed by atoms with Crippen LogP contribution in [0.25, 0.3) is 27.9 Å². The Morgan fingerprint density at radius 2 is 1.74 bits per heavy atom. The van der Waals surface area contributed by atoms with E-state index in [-0.39, 0.29) is 12.6 Å². The van der Waals surface area contributed by atoms with Crippen LogP contribution < -0.4 is 4.74 Å². The standard InChI is InChI=1S/C29H24N6O3/c1-2-37-28(36)24-15-31-35(17-24)29-32-26-25(27(33-29)38-18-20-8-4-3-5-9-20)30-19-34(26)16-21-12-13-22-10-6-7-11-23(22)14-21/h3-15,17,19H,2,16,18H2,1H3. The summed E-state index contributed by atoms with van der Waals surface area (Å²) in [6.45, 7) is 2.91. The lowest BCUT2D eigenvalue weighted by molar-refractivity contribution is 0.0526. The molecule has 6 rings (SSSR count). The minimum atomic E-state index is -0.457. The summed E-state index contributed by atoms with van der Waals surface area (Å²) < 4.78 is 14.6. The number of hydrogen-bond acceptors (Lipinski definition) is 7. The van der Waals surface area contributed by atoms with E-state index in [0.29, 0.717) is 35.8 Å². The highest BCUT2D eigenvalue weighted by atomic mass is 16.5. The van der Waals surface area contributed by atoms with E-state index in [4.69, 9.17) is 14.5 Å². The Bertz CT molecular complexity index is 1740. The molecule has 0 radical (unpaired) electrons. The summed E-state index contributed by atoms with van der Waals surface area (Å²) >= 11 is 0. The summed E-state index contributed by atoms with van der Waals surface area (Å²) in [7, 11) is 0. The fourth-order valence-electron chi connectivity index (χ4n) is 4.24. The van der Waals surface area contributed by atoms with E-state index in [1.54, 1.807) is 19.4 Å². The van der Waals surface area contributed by atoms with Crippen molar-refractivity contribution in [1.29, 1.82) is 0 Å². The predicted octanol–water partition coefficient (Wildman–Crippen LogP) is 4.97. The van der Waals surface area contributed by atoms with Gasteiger partial charge in [0.15, 0.2) is 11.2 Å². The summed E-state index contributed by atoms with van der Waals surface area (Å²) in [6, 6.07) is 24.5. The molecular formula is C29H24N6O3. The lowest BCUT2D eigenvalue weighted by atomic mass is 10.1. The van der Waals surface area contributed by atoms with Gasteiger partial charge in [0.25, 0.3) is 5.95 Å². The fraction of sp³-hybridized carbons (Fsp3) is 0.138. The van der Waals surface area contributed by atoms with Crippen LogP contribution in [-0.4, -0.2) is 41.9 Å². The third-order valence-electron chi connectivity index (χ3n) is 6.10. The van der Waals surface area contributed by atoms with E-state index in [0.717, 1.165) is 11.1 Å². The molecule has 9 heteroatoms. The zero-order chi connectivity index (χ0) is 25.9. The second-order valence-corrected chi connectivity index (χ2v) is 8.72. The predicted molar refractivity (Wildman–Crippen MR) is 142 cm³/mol. The fourth-order valence-corrected chi connectivity index (χ4v) is 4.24. The number of carbonyl (C=O) groups excluding carboxylic acids is 1. The van der Waals surface area contributed by atoms with Gasteiger partial charge in [-0.2, -0.15) is 15.1 Å². The van der Waals surface area contributed by atoms with Crippen molar-refractivity contribution in [3.8, 4) is 11.8 Å². The molecule has 0 bridgehead atoms. The molecule has 0 N–H and O–H groups in total. The van der Waals surface area contributed by atoms with E-state index in [1.165, 1.54) is 21.7 Å². The topological polar surface area (TPSA) is 97.0 Å². The first-order valence-electron chi connectivity index (χ1n) is 12.3. The second kappa shape index (κ2) is 10.1. The molecule has 38 heavy (non-hydrogen) atoms. The average Bonchev–Trinajstić information content (AvgIpc) is 3.61. The molecule has 6 aromatic rings. The smallest absolute Gasteiger partial charge is 0.341 e. The van der Waals surface area contributed by atoms with E-state index >= 15 is 0 Å². The third kappa shape index (κ3) is 4.69. The molecule has 0 atom stereocenters. The Kier molecular flexibility index (Phi) is 6.23. The van der Waals surface area contributed by atoms with E-state index in [9.17, 15) is 4.79 Å². The summed E-state index contributed by atoms with van der Waals surface area (Å²) in [6.07, 6.45) is 4.72. The van der Waals surface area contributed by atoms with Gasteiger partial charge in [-0.15, -0.1) is 0 Å². The van der Waals surface area contributed by atoms with Crippen molar-refractivity contribution in [3.05, 3.63) is 108 Å². The maximum absolute atomic E-state index is 12.2. The number of imidazole rings is 1. The number of esters is 1. The Morgan fingerprint density at radius 3 is 2.58 bits per heavy atom. The van der Waals surface area contributed by atoms with Gasteiger partial charge in [-0.05, 0) is 34.9 Å². The quantitative estimate of drug-likeness (QED) is 0.270. The van der Waals surface area contributed by atoms with Gasteiger partial charge in [0.05, 0.1) is 31.2 Å². The Hall–Kier alpha value is -5.05. The molecule has 0 amide bonds. The van der Waals surface area contributed by atoms with Crippen LogP contribution in [0.15, 0.2) is 91.5 Å². The lowest BCUT2D eigenvalue weighted by Gasteiger charge is -2.10. The number of nitrogens with zero attached hydrogens (tertiary/aromatic N) is 6. The van der Waals surface area contributed by atoms with Crippen LogP contribution in [0.1, 0.15) is 28.4 Å². The molecule has 0 aliphatic rings. The first-order valence-corrected chi connectivity index (χ1v) is 12.3. The van der Waals surface area contributed by atoms with Gasteiger partial charge in [0, 0.05) is 6.20 Å². The molecular weight excluding hydrogens is 480 g/mol. The molecule has 3 aromatic carbocycles. The van der Waals surface area contributed by atoms with Crippen molar-refractivity contribution in [2.75, 3.05) is 6.61 Å². The monoisotopic (exact) mass is 504 g/mol. The van der Waals surface area contributed by atoms with Crippen molar-refractivity contribution in [2.24, 2.45) is 0 Å². The van der Waals surface area contributed by atoms with Crippen molar-refractivity contribution < 1.29 is 14.3 Å². The van der Waals surface area contributed by atoms with Gasteiger partial charge in [-0.3, -0.25) is 0 Å². The normalized spacial score (nSPS) is 11.2. The highest BCUT2D eigenvalue weighted by molar-refractivity contribution is 5.89. The summed E-state index contributed by atoms with van der Waals surface area (Å²) in [5, 5.41) is 6.64. The van der Waals surface area contributed by atoms with Crippen molar-refractivity contribution in [2.45, 2.75) is 20.1 Å². The zero-order valence-electron chi connectivity index (χ0n) is 20.7. The summed E-state index contributed by atoms with van der Waals surface area (Å²) in [5.74, 6) is 0.136. The van der Waals surface area contributed by atoms with Crippen LogP contribution in [0.2, 0.25) is 0 Å². The van der Waals surface area contributed by atoms with Gasteiger partial charge in [0.2, 0.25) is 5.88 Å². The number of fused-ring (bicyclic) bond motifs is 2. The third-order valence-corrected chi connectivity index (χ3v) is 6.10. The van der Waals surface area contributed by atoms with Gasteiger partial charge in [-0.25, -0.2) is 14.5 Å². The van der Waals surface area contributed by atoms with Crippen molar-refractivity contribution in [1.82, 2.24) is 29.3 Å². The molecule has 0 saturated carbocycles. The molecule has 9 nitrogen and oxygen atoms in total. The second-order valence-electron chi connectivity index (χ2n) is 8.72. The highest BCUT2D eigenvalue weighted by Crippen LogP contribution is 2.25. The molecule has 0 aliphatic heterocycles. The van der Waals surface area contributed by atoms with Crippen LogP contribution in [0.5, 0.6) is 5.88 Å². The summed E-state index contributed by atoms with van der Waals surface area (Å²) in [4.78, 5) is 26.1. The van der Waals surface area contributed by atoms with Gasteiger partial charge in [-0.1, -0.05) is 66.7 Å². The maximum atomic E-state index is 12.2.